The molecule has 0 N–H and O–H groups in total. The van der Waals surface area contributed by atoms with Gasteiger partial charge in [0.25, 0.3) is 0 Å². The van der Waals surface area contributed by atoms with E-state index in [4.69, 9.17) is 13.9 Å². The number of ether oxygens (including phenoxy) is 2. The largest absolute Gasteiger partial charge is 0.416 e. The number of halogens is 3. The average Bonchev–Trinajstić information content (AvgIpc) is 2.99. The molecule has 2 fully saturated rings. The summed E-state index contributed by atoms with van der Waals surface area (Å²) in [6.45, 7) is 7.57. The van der Waals surface area contributed by atoms with Crippen LogP contribution in [0.1, 0.15) is 64.7 Å². The molecular formula is C24H39F3O3Si. The lowest BCUT2D eigenvalue weighted by Crippen LogP contribution is -2.63. The van der Waals surface area contributed by atoms with Crippen LogP contribution in [0.25, 0.3) is 0 Å². The van der Waals surface area contributed by atoms with Crippen molar-refractivity contribution in [2.24, 2.45) is 23.2 Å². The van der Waals surface area contributed by atoms with Gasteiger partial charge in [-0.1, -0.05) is 18.1 Å². The first-order valence-corrected chi connectivity index (χ1v) is 15.3. The molecule has 0 amide bonds. The van der Waals surface area contributed by atoms with E-state index < -0.39 is 31.3 Å². The fourth-order valence-corrected chi connectivity index (χ4v) is 9.33. The van der Waals surface area contributed by atoms with Gasteiger partial charge in [-0.05, 0) is 82.3 Å². The third kappa shape index (κ3) is 3.57. The van der Waals surface area contributed by atoms with Crippen LogP contribution in [0.4, 0.5) is 13.2 Å². The molecule has 0 spiro atoms. The fourth-order valence-electron chi connectivity index (χ4n) is 7.83. The van der Waals surface area contributed by atoms with E-state index in [9.17, 15) is 13.2 Å². The van der Waals surface area contributed by atoms with Crippen molar-refractivity contribution in [1.82, 2.24) is 0 Å². The standard InChI is InChI=1S/C24H39F3O3Si/c1-21-12-9-18-17-10-13-22(28-2,29-3)15-16(17)7-8-19(18)20(21)11-14-23(21,24(25,26)27)30-31(4,5)6/h18-20H,7-15H2,1-6H3/t18-,19-,20+,21+,23+/m1/s1. The Morgan fingerprint density at radius 1 is 0.935 bits per heavy atom. The number of fused-ring (bicyclic) bond motifs is 4. The number of hydrogen-bond acceptors (Lipinski definition) is 3. The summed E-state index contributed by atoms with van der Waals surface area (Å²) in [6, 6.07) is 0. The summed E-state index contributed by atoms with van der Waals surface area (Å²) < 4.78 is 61.6. The molecule has 0 aliphatic heterocycles. The van der Waals surface area contributed by atoms with Crippen molar-refractivity contribution in [1.29, 1.82) is 0 Å². The molecule has 2 saturated carbocycles. The summed E-state index contributed by atoms with van der Waals surface area (Å²) in [7, 11) is 1.04. The highest BCUT2D eigenvalue weighted by atomic mass is 28.4. The van der Waals surface area contributed by atoms with Crippen molar-refractivity contribution in [3.63, 3.8) is 0 Å². The lowest BCUT2D eigenvalue weighted by molar-refractivity contribution is -0.293. The zero-order valence-electron chi connectivity index (χ0n) is 20.0. The molecule has 0 bridgehead atoms. The van der Waals surface area contributed by atoms with Crippen molar-refractivity contribution >= 4 is 8.32 Å². The summed E-state index contributed by atoms with van der Waals surface area (Å²) in [5, 5.41) is 0. The third-order valence-corrected chi connectivity index (χ3v) is 10.1. The fraction of sp³-hybridized carbons (Fsp3) is 0.917. The molecule has 0 aromatic rings. The van der Waals surface area contributed by atoms with Crippen LogP contribution in [0.3, 0.4) is 0 Å². The molecule has 0 unspecified atom stereocenters. The molecule has 4 aliphatic carbocycles. The average molecular weight is 461 g/mol. The smallest absolute Gasteiger partial charge is 0.403 e. The summed E-state index contributed by atoms with van der Waals surface area (Å²) in [5.41, 5.74) is 0.141. The SMILES string of the molecule is COC1(OC)CCC2=C(CC[C@@H]3[C@@H]2CC[C@@]2(C)[C@H]3CC[C@@]2(O[Si](C)(C)C)C(F)(F)F)C1. The Kier molecular flexibility index (Phi) is 5.81. The highest BCUT2D eigenvalue weighted by Crippen LogP contribution is 2.69. The van der Waals surface area contributed by atoms with Crippen molar-refractivity contribution in [2.45, 2.75) is 102 Å². The van der Waals surface area contributed by atoms with E-state index in [0.29, 0.717) is 24.7 Å². The molecule has 3 nitrogen and oxygen atoms in total. The van der Waals surface area contributed by atoms with E-state index in [-0.39, 0.29) is 12.3 Å². The molecule has 4 aliphatic rings. The Labute approximate surface area is 186 Å². The number of alkyl halides is 3. The van der Waals surface area contributed by atoms with E-state index >= 15 is 0 Å². The maximum atomic E-state index is 14.7. The van der Waals surface area contributed by atoms with Crippen LogP contribution in [-0.2, 0) is 13.9 Å². The van der Waals surface area contributed by atoms with Crippen LogP contribution in [0, 0.1) is 23.2 Å². The third-order valence-electron chi connectivity index (χ3n) is 9.18. The van der Waals surface area contributed by atoms with Crippen molar-refractivity contribution in [2.75, 3.05) is 14.2 Å². The normalized spacial score (nSPS) is 40.4. The minimum Gasteiger partial charge on any atom is -0.403 e. The first kappa shape index (κ1) is 23.8. The molecule has 0 aromatic carbocycles. The van der Waals surface area contributed by atoms with Crippen LogP contribution in [0.15, 0.2) is 11.1 Å². The van der Waals surface area contributed by atoms with Crippen LogP contribution in [0.5, 0.6) is 0 Å². The second-order valence-electron chi connectivity index (χ2n) is 11.6. The predicted octanol–water partition coefficient (Wildman–Crippen LogP) is 6.84. The van der Waals surface area contributed by atoms with Crippen LogP contribution in [-0.4, -0.2) is 40.1 Å². The molecular weight excluding hydrogens is 421 g/mol. The van der Waals surface area contributed by atoms with Crippen molar-refractivity contribution in [3.8, 4) is 0 Å². The highest BCUT2D eigenvalue weighted by Gasteiger charge is 2.73. The van der Waals surface area contributed by atoms with Gasteiger partial charge in [0.1, 0.15) is 0 Å². The zero-order valence-corrected chi connectivity index (χ0v) is 21.0. The van der Waals surface area contributed by atoms with Gasteiger partial charge >= 0.3 is 6.18 Å². The summed E-state index contributed by atoms with van der Waals surface area (Å²) in [4.78, 5) is 0. The minimum absolute atomic E-state index is 0.0785. The second kappa shape index (κ2) is 7.57. The maximum Gasteiger partial charge on any atom is 0.416 e. The van der Waals surface area contributed by atoms with Crippen molar-refractivity contribution in [3.05, 3.63) is 11.1 Å². The van der Waals surface area contributed by atoms with E-state index in [1.165, 1.54) is 11.1 Å². The second-order valence-corrected chi connectivity index (χ2v) is 16.0. The summed E-state index contributed by atoms with van der Waals surface area (Å²) in [6.07, 6.45) is 2.37. The van der Waals surface area contributed by atoms with E-state index in [1.807, 2.05) is 26.6 Å². The van der Waals surface area contributed by atoms with E-state index in [1.54, 1.807) is 14.2 Å². The number of rotatable bonds is 4. The van der Waals surface area contributed by atoms with Gasteiger partial charge in [0.2, 0.25) is 0 Å². The minimum atomic E-state index is -4.33. The quantitative estimate of drug-likeness (QED) is 0.261. The van der Waals surface area contributed by atoms with Gasteiger partial charge in [-0.3, -0.25) is 0 Å². The van der Waals surface area contributed by atoms with Crippen molar-refractivity contribution < 1.29 is 27.1 Å². The molecule has 4 rings (SSSR count). The maximum absolute atomic E-state index is 14.7. The summed E-state index contributed by atoms with van der Waals surface area (Å²) in [5.74, 6) is 0.308. The van der Waals surface area contributed by atoms with Gasteiger partial charge in [-0.25, -0.2) is 0 Å². The monoisotopic (exact) mass is 460 g/mol. The van der Waals surface area contributed by atoms with Gasteiger partial charge in [-0.2, -0.15) is 13.2 Å². The Hall–Kier alpha value is -0.373. The Morgan fingerprint density at radius 2 is 1.61 bits per heavy atom. The van der Waals surface area contributed by atoms with Gasteiger partial charge < -0.3 is 13.9 Å². The Balaban J connectivity index is 1.65. The number of allylic oxidation sites excluding steroid dienone is 1. The van der Waals surface area contributed by atoms with Crippen LogP contribution < -0.4 is 0 Å². The van der Waals surface area contributed by atoms with E-state index in [2.05, 4.69) is 0 Å². The van der Waals surface area contributed by atoms with E-state index in [0.717, 1.165) is 38.5 Å². The lowest BCUT2D eigenvalue weighted by Gasteiger charge is -2.57. The molecule has 5 atom stereocenters. The van der Waals surface area contributed by atoms with Gasteiger partial charge in [0, 0.05) is 32.5 Å². The molecule has 0 aromatic heterocycles. The Morgan fingerprint density at radius 3 is 2.19 bits per heavy atom. The molecule has 178 valence electrons. The first-order chi connectivity index (χ1) is 14.3. The predicted molar refractivity (Wildman–Crippen MR) is 117 cm³/mol. The molecule has 0 saturated heterocycles. The molecule has 0 heterocycles. The molecule has 31 heavy (non-hydrogen) atoms. The van der Waals surface area contributed by atoms with Gasteiger partial charge in [0.15, 0.2) is 19.7 Å². The summed E-state index contributed by atoms with van der Waals surface area (Å²) >= 11 is 0. The topological polar surface area (TPSA) is 27.7 Å². The molecule has 7 heteroatoms. The number of hydrogen-bond donors (Lipinski definition) is 0. The zero-order chi connectivity index (χ0) is 22.9. The van der Waals surface area contributed by atoms with Crippen LogP contribution >= 0.6 is 0 Å². The highest BCUT2D eigenvalue weighted by molar-refractivity contribution is 6.69. The molecule has 0 radical (unpaired) electrons. The van der Waals surface area contributed by atoms with Gasteiger partial charge in [0.05, 0.1) is 0 Å². The number of methoxy groups -OCH3 is 2. The van der Waals surface area contributed by atoms with Crippen LogP contribution in [0.2, 0.25) is 19.6 Å². The lowest BCUT2D eigenvalue weighted by atomic mass is 9.52. The van der Waals surface area contributed by atoms with Gasteiger partial charge in [-0.15, -0.1) is 0 Å². The Bertz CT molecular complexity index is 739. The first-order valence-electron chi connectivity index (χ1n) is 11.9.